The number of aliphatic hydroxyl groups excluding tert-OH is 2. The predicted octanol–water partition coefficient (Wildman–Crippen LogP) is 5.57. The number of ether oxygens (including phenoxy) is 3. The van der Waals surface area contributed by atoms with Crippen molar-refractivity contribution < 1.29 is 93.4 Å². The molecule has 0 unspecified atom stereocenters. The van der Waals surface area contributed by atoms with Gasteiger partial charge >= 0.3 is 11.9 Å². The third-order valence-corrected chi connectivity index (χ3v) is 11.7. The number of phenols is 1. The number of carboxylic acid groups (broad SMARTS) is 2. The maximum atomic E-state index is 12.8. The third kappa shape index (κ3) is 11.2. The van der Waals surface area contributed by atoms with Crippen molar-refractivity contribution in [1.82, 2.24) is 9.78 Å². The van der Waals surface area contributed by atoms with Crippen molar-refractivity contribution in [2.24, 2.45) is 30.7 Å². The average Bonchev–Trinajstić information content (AvgIpc) is 3.63. The molecule has 6 aromatic rings. The first-order valence-electron chi connectivity index (χ1n) is 18.7. The van der Waals surface area contributed by atoms with E-state index < -0.39 is 110 Å². The van der Waals surface area contributed by atoms with Gasteiger partial charge in [0.25, 0.3) is 30.4 Å². The molecule has 6 rings (SSSR count). The predicted molar refractivity (Wildman–Crippen MR) is 231 cm³/mol. The Morgan fingerprint density at radius 3 is 1.74 bits per heavy atom. The fourth-order valence-corrected chi connectivity index (χ4v) is 7.78. The lowest BCUT2D eigenvalue weighted by molar-refractivity contribution is 0.0682. The lowest BCUT2D eigenvalue weighted by atomic mass is 10.1. The van der Waals surface area contributed by atoms with Gasteiger partial charge in [-0.3, -0.25) is 13.7 Å². The van der Waals surface area contributed by atoms with Crippen LogP contribution in [0.1, 0.15) is 20.8 Å². The molecule has 0 saturated carbocycles. The third-order valence-electron chi connectivity index (χ3n) is 9.06. The maximum absolute atomic E-state index is 12.8. The van der Waals surface area contributed by atoms with Gasteiger partial charge in [0.05, 0.1) is 36.5 Å². The van der Waals surface area contributed by atoms with Crippen molar-refractivity contribution >= 4 is 87.2 Å². The zero-order chi connectivity index (χ0) is 50.6. The molecule has 5 aromatic carbocycles. The summed E-state index contributed by atoms with van der Waals surface area (Å²) in [5, 5.41) is 87.4. The summed E-state index contributed by atoms with van der Waals surface area (Å²) in [6.45, 7) is -1.83. The number of carbonyl (C=O) groups is 2. The van der Waals surface area contributed by atoms with E-state index in [1.165, 1.54) is 19.2 Å². The summed E-state index contributed by atoms with van der Waals surface area (Å²) in [5.74, 6) is -5.86. The van der Waals surface area contributed by atoms with Crippen LogP contribution in [0.3, 0.4) is 0 Å². The Morgan fingerprint density at radius 1 is 0.623 bits per heavy atom. The summed E-state index contributed by atoms with van der Waals surface area (Å²) in [4.78, 5) is 21.4. The van der Waals surface area contributed by atoms with Gasteiger partial charge in [-0.05, 0) is 60.0 Å². The van der Waals surface area contributed by atoms with Crippen molar-refractivity contribution in [3.63, 3.8) is 0 Å². The Kier molecular flexibility index (Phi) is 14.6. The van der Waals surface area contributed by atoms with Crippen molar-refractivity contribution in [1.29, 1.82) is 0 Å². The number of carboxylic acids is 2. The molecule has 0 spiro atoms. The summed E-state index contributed by atoms with van der Waals surface area (Å²) in [7, 11) is -13.8. The monoisotopic (exact) mass is 1020 g/mol. The van der Waals surface area contributed by atoms with Gasteiger partial charge in [-0.2, -0.15) is 35.0 Å². The molecule has 0 radical (unpaired) electrons. The minimum atomic E-state index is -5.30. The number of fused-ring (bicyclic) bond motifs is 1. The smallest absolute Gasteiger partial charge is 0.358 e. The molecule has 0 aliphatic carbocycles. The van der Waals surface area contributed by atoms with Crippen molar-refractivity contribution in [2.45, 2.75) is 14.7 Å². The number of benzene rings is 5. The molecule has 28 nitrogen and oxygen atoms in total. The molecule has 0 bridgehead atoms. The number of hydrogen-bond acceptors (Lipinski definition) is 22. The van der Waals surface area contributed by atoms with E-state index in [0.29, 0.717) is 10.7 Å². The summed E-state index contributed by atoms with van der Waals surface area (Å²) in [6, 6.07) is 12.0. The highest BCUT2D eigenvalue weighted by atomic mass is 32.2. The fraction of sp³-hybridized carbons (Fsp3) is 0.132. The lowest BCUT2D eigenvalue weighted by Crippen LogP contribution is -2.04. The number of azo groups is 3. The Hall–Kier alpha value is -8.04. The number of aromatic carboxylic acids is 2. The van der Waals surface area contributed by atoms with Crippen LogP contribution in [0.5, 0.6) is 28.9 Å². The molecule has 31 heteroatoms. The molecular formula is C38H32N8O20S3. The number of phenolic OH excluding ortho intramolecular Hbond substituents is 1. The van der Waals surface area contributed by atoms with Gasteiger partial charge < -0.3 is 44.8 Å². The molecule has 9 N–H and O–H groups in total. The summed E-state index contributed by atoms with van der Waals surface area (Å²) < 4.78 is 119. The second-order valence-corrected chi connectivity index (χ2v) is 17.7. The molecule has 69 heavy (non-hydrogen) atoms. The van der Waals surface area contributed by atoms with Crippen molar-refractivity contribution in [3.05, 3.63) is 84.1 Å². The highest BCUT2D eigenvalue weighted by Crippen LogP contribution is 2.46. The van der Waals surface area contributed by atoms with E-state index >= 15 is 0 Å². The van der Waals surface area contributed by atoms with E-state index in [1.807, 2.05) is 0 Å². The van der Waals surface area contributed by atoms with Crippen LogP contribution >= 0.6 is 0 Å². The molecular weight excluding hydrogens is 985 g/mol. The van der Waals surface area contributed by atoms with E-state index in [4.69, 9.17) is 14.2 Å². The van der Waals surface area contributed by atoms with E-state index in [-0.39, 0.29) is 64.0 Å². The van der Waals surface area contributed by atoms with Crippen LogP contribution in [0.2, 0.25) is 0 Å². The highest BCUT2D eigenvalue weighted by molar-refractivity contribution is 7.86. The molecule has 0 atom stereocenters. The number of aromatic hydroxyl groups is 2. The summed E-state index contributed by atoms with van der Waals surface area (Å²) in [5.41, 5.74) is -5.07. The molecule has 1 aromatic heterocycles. The topological polar surface area (TPSA) is 438 Å². The average molecular weight is 1020 g/mol. The summed E-state index contributed by atoms with van der Waals surface area (Å²) in [6.07, 6.45) is 0. The Balaban J connectivity index is 1.44. The van der Waals surface area contributed by atoms with Crippen LogP contribution in [-0.4, -0.2) is 125 Å². The molecule has 0 amide bonds. The minimum absolute atomic E-state index is 0.0545. The number of nitrogens with zero attached hydrogens (tertiary/aromatic N) is 8. The van der Waals surface area contributed by atoms with Gasteiger partial charge in [0.15, 0.2) is 11.4 Å². The van der Waals surface area contributed by atoms with Crippen LogP contribution in [0, 0.1) is 0 Å². The molecule has 0 saturated heterocycles. The van der Waals surface area contributed by atoms with Crippen molar-refractivity contribution in [3.8, 4) is 34.6 Å². The first-order valence-corrected chi connectivity index (χ1v) is 23.0. The number of methoxy groups -OCH3 is 1. The van der Waals surface area contributed by atoms with Gasteiger partial charge in [0, 0.05) is 23.6 Å². The number of rotatable bonds is 19. The van der Waals surface area contributed by atoms with Gasteiger partial charge in [0.2, 0.25) is 11.6 Å². The molecule has 0 aliphatic rings. The van der Waals surface area contributed by atoms with Crippen LogP contribution in [0.4, 0.5) is 34.1 Å². The zero-order valence-corrected chi connectivity index (χ0v) is 37.0. The van der Waals surface area contributed by atoms with Gasteiger partial charge in [-0.15, -0.1) is 30.7 Å². The van der Waals surface area contributed by atoms with Gasteiger partial charge in [-0.1, -0.05) is 0 Å². The van der Waals surface area contributed by atoms with E-state index in [2.05, 4.69) is 35.8 Å². The lowest BCUT2D eigenvalue weighted by Gasteiger charge is -2.13. The number of aromatic nitrogens is 2. The van der Waals surface area contributed by atoms with Crippen LogP contribution in [-0.2, 0) is 30.4 Å². The second kappa shape index (κ2) is 20.1. The fourth-order valence-electron chi connectivity index (χ4n) is 5.98. The van der Waals surface area contributed by atoms with Crippen LogP contribution in [0.15, 0.2) is 118 Å². The maximum Gasteiger partial charge on any atom is 0.358 e. The molecule has 1 heterocycles. The van der Waals surface area contributed by atoms with Gasteiger partial charge in [-0.25, -0.2) is 9.59 Å². The van der Waals surface area contributed by atoms with Crippen molar-refractivity contribution in [2.75, 3.05) is 33.5 Å². The van der Waals surface area contributed by atoms with E-state index in [9.17, 15) is 79.1 Å². The first-order chi connectivity index (χ1) is 32.5. The minimum Gasteiger partial charge on any atom is -0.505 e. The second-order valence-electron chi connectivity index (χ2n) is 13.5. The quantitative estimate of drug-likeness (QED) is 0.0353. The largest absolute Gasteiger partial charge is 0.505 e. The van der Waals surface area contributed by atoms with Crippen LogP contribution in [0.25, 0.3) is 16.5 Å². The van der Waals surface area contributed by atoms with Gasteiger partial charge in [0.1, 0.15) is 68.7 Å². The SMILES string of the molecule is COc1ccc(/N=N/c2cc(OCCO)c(/N=N/c3c(S(=O)(=O)O)cc4cc(-n5nc(C(=O)O)c(/N=N/c6ccc(S(=O)(=O)O)cc6C(=O)O)c5O)ccc4c3O)cc2OCCO)c(S(=O)(=O)O)c1. The summed E-state index contributed by atoms with van der Waals surface area (Å²) >= 11 is 0. The van der Waals surface area contributed by atoms with E-state index in [0.717, 1.165) is 54.6 Å². The number of aliphatic hydroxyl groups is 2. The van der Waals surface area contributed by atoms with E-state index in [1.54, 1.807) is 0 Å². The standard InChI is InChI=1S/C38H32N8O20S3/c1-64-20-3-6-25(30(14-20)68(58,59)60)40-41-26-16-29(66-11-9-48)27(17-28(26)65-10-8-47)42-43-32-31(69(61,62)63)13-18-12-19(2-5-22(18)35(32)49)46-36(50)33(34(45-46)38(53)54)44-39-24-7-4-21(67(55,56)57)15-23(24)37(51)52/h2-7,12-17,47-50H,8-11H2,1H3,(H,51,52)(H,53,54)(H,55,56,57)(H,58,59,60)(H,61,62,63)/b41-40+,43-42+,44-39+. The Bertz CT molecular complexity index is 3490. The first kappa shape index (κ1) is 50.4. The Labute approximate surface area is 386 Å². The zero-order valence-electron chi connectivity index (χ0n) is 34.6. The molecule has 362 valence electrons. The molecule has 0 aliphatic heterocycles. The number of hydrogen-bond donors (Lipinski definition) is 9. The van der Waals surface area contributed by atoms with Crippen LogP contribution < -0.4 is 14.2 Å². The highest BCUT2D eigenvalue weighted by Gasteiger charge is 2.27. The molecule has 0 fully saturated rings. The normalized spacial score (nSPS) is 12.4. The Morgan fingerprint density at radius 2 is 1.19 bits per heavy atom.